The second-order valence-electron chi connectivity index (χ2n) is 3.87. The number of hydrogen-bond acceptors (Lipinski definition) is 2. The average molecular weight is 272 g/mol. The van der Waals surface area contributed by atoms with Crippen LogP contribution in [0, 0.1) is 0 Å². The fourth-order valence-electron chi connectivity index (χ4n) is 1.69. The second-order valence-corrected chi connectivity index (χ2v) is 4.73. The van der Waals surface area contributed by atoms with E-state index in [0.29, 0.717) is 22.9 Å². The van der Waals surface area contributed by atoms with Gasteiger partial charge in [-0.3, -0.25) is 9.59 Å². The zero-order valence-electron chi connectivity index (χ0n) is 8.16. The summed E-state index contributed by atoms with van der Waals surface area (Å²) in [5.74, 6) is -0.851. The standard InChI is InChI=1S/C10H10BrNO3/c1-12-5-7(11)6(4-8(12)13)10(2-3-10)9(14)15/h4-5H,2-3H2,1H3,(H,14,15). The molecule has 4 nitrogen and oxygen atoms in total. The third kappa shape index (κ3) is 1.51. The van der Waals surface area contributed by atoms with Gasteiger partial charge in [0.2, 0.25) is 0 Å². The molecular weight excluding hydrogens is 262 g/mol. The Morgan fingerprint density at radius 2 is 2.20 bits per heavy atom. The number of carbonyl (C=O) groups is 1. The minimum absolute atomic E-state index is 0.180. The summed E-state index contributed by atoms with van der Waals surface area (Å²) in [5, 5.41) is 9.11. The molecule has 0 amide bonds. The molecule has 2 rings (SSSR count). The SMILES string of the molecule is Cn1cc(Br)c(C2(C(=O)O)CC2)cc1=O. The third-order valence-corrected chi connectivity index (χ3v) is 3.49. The van der Waals surface area contributed by atoms with Crippen molar-refractivity contribution >= 4 is 21.9 Å². The van der Waals surface area contributed by atoms with Crippen molar-refractivity contribution in [1.82, 2.24) is 4.57 Å². The molecule has 0 unspecified atom stereocenters. The zero-order valence-corrected chi connectivity index (χ0v) is 9.74. The first-order valence-electron chi connectivity index (χ1n) is 4.57. The van der Waals surface area contributed by atoms with Crippen molar-refractivity contribution in [3.8, 4) is 0 Å². The Morgan fingerprint density at radius 3 is 2.67 bits per heavy atom. The first-order valence-corrected chi connectivity index (χ1v) is 5.37. The van der Waals surface area contributed by atoms with Gasteiger partial charge in [0.05, 0.1) is 5.41 Å². The van der Waals surface area contributed by atoms with Crippen LogP contribution in [-0.4, -0.2) is 15.6 Å². The highest BCUT2D eigenvalue weighted by Crippen LogP contribution is 2.50. The summed E-state index contributed by atoms with van der Waals surface area (Å²) in [6.45, 7) is 0. The van der Waals surface area contributed by atoms with Gasteiger partial charge >= 0.3 is 5.97 Å². The van der Waals surface area contributed by atoms with Crippen LogP contribution in [0.5, 0.6) is 0 Å². The van der Waals surface area contributed by atoms with Crippen LogP contribution in [-0.2, 0) is 17.3 Å². The molecule has 0 aliphatic heterocycles. The van der Waals surface area contributed by atoms with Crippen LogP contribution >= 0.6 is 15.9 Å². The van der Waals surface area contributed by atoms with E-state index in [1.165, 1.54) is 10.6 Å². The number of aryl methyl sites for hydroxylation is 1. The van der Waals surface area contributed by atoms with Gasteiger partial charge in [-0.15, -0.1) is 0 Å². The molecule has 1 saturated carbocycles. The van der Waals surface area contributed by atoms with E-state index in [9.17, 15) is 9.59 Å². The Morgan fingerprint density at radius 1 is 1.60 bits per heavy atom. The average Bonchev–Trinajstić information content (AvgIpc) is 2.92. The van der Waals surface area contributed by atoms with Crippen molar-refractivity contribution in [1.29, 1.82) is 0 Å². The number of aliphatic carboxylic acids is 1. The molecule has 15 heavy (non-hydrogen) atoms. The first-order chi connectivity index (χ1) is 6.97. The molecule has 80 valence electrons. The summed E-state index contributed by atoms with van der Waals surface area (Å²) < 4.78 is 2.11. The number of pyridine rings is 1. The monoisotopic (exact) mass is 271 g/mol. The van der Waals surface area contributed by atoms with Gasteiger partial charge in [-0.05, 0) is 34.3 Å². The molecule has 0 spiro atoms. The van der Waals surface area contributed by atoms with Crippen molar-refractivity contribution in [2.75, 3.05) is 0 Å². The normalized spacial score (nSPS) is 17.5. The molecule has 1 aromatic heterocycles. The molecule has 0 saturated heterocycles. The molecule has 0 aromatic carbocycles. The van der Waals surface area contributed by atoms with E-state index in [1.807, 2.05) is 0 Å². The molecule has 1 heterocycles. The minimum atomic E-state index is -0.851. The molecule has 0 bridgehead atoms. The quantitative estimate of drug-likeness (QED) is 0.881. The van der Waals surface area contributed by atoms with Crippen molar-refractivity contribution < 1.29 is 9.90 Å². The first kappa shape index (κ1) is 10.4. The van der Waals surface area contributed by atoms with E-state index in [-0.39, 0.29) is 5.56 Å². The molecule has 1 fully saturated rings. The van der Waals surface area contributed by atoms with Crippen LogP contribution in [0.15, 0.2) is 21.5 Å². The van der Waals surface area contributed by atoms with Gasteiger partial charge in [-0.2, -0.15) is 0 Å². The molecule has 0 radical (unpaired) electrons. The Balaban J connectivity index is 2.59. The van der Waals surface area contributed by atoms with Crippen LogP contribution in [0.25, 0.3) is 0 Å². The maximum Gasteiger partial charge on any atom is 0.314 e. The number of carboxylic acids is 1. The number of hydrogen-bond donors (Lipinski definition) is 1. The van der Waals surface area contributed by atoms with Crippen LogP contribution in [0.2, 0.25) is 0 Å². The number of aromatic nitrogens is 1. The van der Waals surface area contributed by atoms with Crippen LogP contribution in [0.4, 0.5) is 0 Å². The van der Waals surface area contributed by atoms with Crippen LogP contribution in [0.1, 0.15) is 18.4 Å². The summed E-state index contributed by atoms with van der Waals surface area (Å²) >= 11 is 3.30. The Hall–Kier alpha value is -1.10. The lowest BCUT2D eigenvalue weighted by molar-refractivity contribution is -0.140. The van der Waals surface area contributed by atoms with Crippen LogP contribution < -0.4 is 5.56 Å². The summed E-state index contributed by atoms with van der Waals surface area (Å²) in [7, 11) is 1.64. The topological polar surface area (TPSA) is 59.3 Å². The molecular formula is C10H10BrNO3. The van der Waals surface area contributed by atoms with E-state index in [0.717, 1.165) is 0 Å². The zero-order chi connectivity index (χ0) is 11.2. The van der Waals surface area contributed by atoms with Gasteiger partial charge in [-0.25, -0.2) is 0 Å². The number of halogens is 1. The fraction of sp³-hybridized carbons (Fsp3) is 0.400. The molecule has 1 aromatic rings. The Bertz CT molecular complexity index is 488. The number of rotatable bonds is 2. The van der Waals surface area contributed by atoms with Gasteiger partial charge in [0.15, 0.2) is 0 Å². The maximum absolute atomic E-state index is 11.4. The highest BCUT2D eigenvalue weighted by Gasteiger charge is 2.53. The Kier molecular flexibility index (Phi) is 2.22. The summed E-state index contributed by atoms with van der Waals surface area (Å²) in [4.78, 5) is 22.5. The number of nitrogens with zero attached hydrogens (tertiary/aromatic N) is 1. The lowest BCUT2D eigenvalue weighted by Crippen LogP contribution is -2.25. The highest BCUT2D eigenvalue weighted by molar-refractivity contribution is 9.10. The van der Waals surface area contributed by atoms with E-state index in [1.54, 1.807) is 13.2 Å². The lowest BCUT2D eigenvalue weighted by atomic mass is 9.97. The van der Waals surface area contributed by atoms with Crippen molar-refractivity contribution in [2.45, 2.75) is 18.3 Å². The lowest BCUT2D eigenvalue weighted by Gasteiger charge is -2.12. The summed E-state index contributed by atoms with van der Waals surface area (Å²) in [5.41, 5.74) is -0.412. The van der Waals surface area contributed by atoms with Crippen molar-refractivity contribution in [3.63, 3.8) is 0 Å². The molecule has 1 N–H and O–H groups in total. The summed E-state index contributed by atoms with van der Waals surface area (Å²) in [6, 6.07) is 1.41. The van der Waals surface area contributed by atoms with Gasteiger partial charge in [0, 0.05) is 23.8 Å². The molecule has 1 aliphatic rings. The van der Waals surface area contributed by atoms with Gasteiger partial charge in [-0.1, -0.05) is 0 Å². The fourth-order valence-corrected chi connectivity index (χ4v) is 2.49. The smallest absolute Gasteiger partial charge is 0.314 e. The Labute approximate surface area is 94.7 Å². The van der Waals surface area contributed by atoms with Crippen LogP contribution in [0.3, 0.4) is 0 Å². The van der Waals surface area contributed by atoms with Crippen molar-refractivity contribution in [3.05, 3.63) is 32.7 Å². The summed E-state index contributed by atoms with van der Waals surface area (Å²) in [6.07, 6.45) is 2.82. The number of carboxylic acid groups (broad SMARTS) is 1. The largest absolute Gasteiger partial charge is 0.481 e. The molecule has 0 atom stereocenters. The predicted octanol–water partition coefficient (Wildman–Crippen LogP) is 1.26. The second kappa shape index (κ2) is 3.20. The third-order valence-electron chi connectivity index (χ3n) is 2.85. The highest BCUT2D eigenvalue weighted by atomic mass is 79.9. The van der Waals surface area contributed by atoms with E-state index >= 15 is 0 Å². The predicted molar refractivity (Wildman–Crippen MR) is 57.9 cm³/mol. The van der Waals surface area contributed by atoms with E-state index in [4.69, 9.17) is 5.11 Å². The maximum atomic E-state index is 11.4. The molecule has 1 aliphatic carbocycles. The van der Waals surface area contributed by atoms with E-state index in [2.05, 4.69) is 15.9 Å². The van der Waals surface area contributed by atoms with E-state index < -0.39 is 11.4 Å². The van der Waals surface area contributed by atoms with Gasteiger partial charge in [0.1, 0.15) is 0 Å². The van der Waals surface area contributed by atoms with Gasteiger partial charge in [0.25, 0.3) is 5.56 Å². The van der Waals surface area contributed by atoms with Crippen molar-refractivity contribution in [2.24, 2.45) is 7.05 Å². The van der Waals surface area contributed by atoms with Gasteiger partial charge < -0.3 is 9.67 Å². The molecule has 5 heteroatoms. The minimum Gasteiger partial charge on any atom is -0.481 e.